The zero-order valence-electron chi connectivity index (χ0n) is 15.5. The summed E-state index contributed by atoms with van der Waals surface area (Å²) in [6.45, 7) is 1.41. The molecule has 2 rings (SSSR count). The molecule has 0 aliphatic carbocycles. The number of hydrogen-bond acceptors (Lipinski definition) is 5. The van der Waals surface area contributed by atoms with Gasteiger partial charge in [-0.15, -0.1) is 11.8 Å². The van der Waals surface area contributed by atoms with Crippen molar-refractivity contribution in [2.24, 2.45) is 0 Å². The molecule has 2 aromatic carbocycles. The molecule has 0 aromatic heterocycles. The van der Waals surface area contributed by atoms with E-state index in [0.717, 1.165) is 11.1 Å². The van der Waals surface area contributed by atoms with Crippen LogP contribution in [-0.2, 0) is 14.3 Å². The van der Waals surface area contributed by atoms with Gasteiger partial charge in [0.15, 0.2) is 6.10 Å². The fraction of sp³-hybridized carbons (Fsp3) is 0.250. The van der Waals surface area contributed by atoms with E-state index in [4.69, 9.17) is 16.3 Å². The third kappa shape index (κ3) is 6.58. The lowest BCUT2D eigenvalue weighted by molar-refractivity contribution is -0.151. The molecule has 0 spiro atoms. The molecule has 0 unspecified atom stereocenters. The number of hydrogen-bond donors (Lipinski definition) is 2. The van der Waals surface area contributed by atoms with Crippen LogP contribution in [0.2, 0.25) is 5.02 Å². The first-order valence-corrected chi connectivity index (χ1v) is 9.97. The number of imide groups is 1. The number of halogens is 1. The van der Waals surface area contributed by atoms with Crippen LogP contribution in [0.25, 0.3) is 0 Å². The number of carbonyl (C=O) groups excluding carboxylic acids is 3. The van der Waals surface area contributed by atoms with Crippen molar-refractivity contribution in [1.82, 2.24) is 10.6 Å². The molecule has 0 aliphatic heterocycles. The van der Waals surface area contributed by atoms with Crippen molar-refractivity contribution in [3.63, 3.8) is 0 Å². The normalized spacial score (nSPS) is 12.5. The van der Waals surface area contributed by atoms with Crippen LogP contribution in [0.3, 0.4) is 0 Å². The number of urea groups is 1. The molecular formula is C20H21ClN2O4S. The fourth-order valence-electron chi connectivity index (χ4n) is 2.36. The standard InChI is InChI=1S/C20H21ClN2O4S/c1-13(19(25)23-20(26)22-2)27-17(24)12-28-18(14-6-4-3-5-7-14)15-8-10-16(21)11-9-15/h3-11,13,18H,12H2,1-2H3,(H2,22,23,25,26)/t13-,18+/m1/s1. The van der Waals surface area contributed by atoms with E-state index in [1.165, 1.54) is 25.7 Å². The average Bonchev–Trinajstić information content (AvgIpc) is 2.70. The molecule has 0 fully saturated rings. The van der Waals surface area contributed by atoms with Crippen molar-refractivity contribution < 1.29 is 19.1 Å². The Morgan fingerprint density at radius 2 is 1.64 bits per heavy atom. The molecule has 2 N–H and O–H groups in total. The molecule has 0 radical (unpaired) electrons. The number of esters is 1. The van der Waals surface area contributed by atoms with Crippen molar-refractivity contribution in [1.29, 1.82) is 0 Å². The van der Waals surface area contributed by atoms with Crippen molar-refractivity contribution in [3.8, 4) is 0 Å². The van der Waals surface area contributed by atoms with E-state index in [9.17, 15) is 14.4 Å². The quantitative estimate of drug-likeness (QED) is 0.669. The maximum absolute atomic E-state index is 12.2. The second-order valence-corrected chi connectivity index (χ2v) is 7.38. The van der Waals surface area contributed by atoms with E-state index in [1.807, 2.05) is 42.5 Å². The largest absolute Gasteiger partial charge is 0.452 e. The lowest BCUT2D eigenvalue weighted by atomic mass is 10.0. The summed E-state index contributed by atoms with van der Waals surface area (Å²) in [6.07, 6.45) is -1.07. The van der Waals surface area contributed by atoms with Gasteiger partial charge in [-0.2, -0.15) is 0 Å². The molecular weight excluding hydrogens is 400 g/mol. The monoisotopic (exact) mass is 420 g/mol. The first-order valence-electron chi connectivity index (χ1n) is 8.54. The highest BCUT2D eigenvalue weighted by atomic mass is 35.5. The Morgan fingerprint density at radius 3 is 2.25 bits per heavy atom. The van der Waals surface area contributed by atoms with Gasteiger partial charge in [0.25, 0.3) is 5.91 Å². The van der Waals surface area contributed by atoms with Gasteiger partial charge in [0.05, 0.1) is 11.0 Å². The van der Waals surface area contributed by atoms with E-state index in [-0.39, 0.29) is 11.0 Å². The van der Waals surface area contributed by atoms with Crippen LogP contribution in [-0.4, -0.2) is 36.8 Å². The Hall–Kier alpha value is -2.51. The molecule has 0 saturated carbocycles. The summed E-state index contributed by atoms with van der Waals surface area (Å²) >= 11 is 7.36. The van der Waals surface area contributed by atoms with Crippen LogP contribution in [0.1, 0.15) is 23.3 Å². The van der Waals surface area contributed by atoms with Gasteiger partial charge in [-0.05, 0) is 30.2 Å². The second-order valence-electron chi connectivity index (χ2n) is 5.85. The number of amides is 3. The molecule has 8 heteroatoms. The molecule has 148 valence electrons. The Balaban J connectivity index is 2.01. The highest BCUT2D eigenvalue weighted by molar-refractivity contribution is 8.00. The highest BCUT2D eigenvalue weighted by Gasteiger charge is 2.22. The predicted molar refractivity (Wildman–Crippen MR) is 110 cm³/mol. The Morgan fingerprint density at radius 1 is 1.04 bits per heavy atom. The lowest BCUT2D eigenvalue weighted by Crippen LogP contribution is -2.43. The first-order chi connectivity index (χ1) is 13.4. The summed E-state index contributed by atoms with van der Waals surface area (Å²) in [7, 11) is 1.39. The van der Waals surface area contributed by atoms with Crippen molar-refractivity contribution in [2.45, 2.75) is 18.3 Å². The van der Waals surface area contributed by atoms with Crippen LogP contribution >= 0.6 is 23.4 Å². The SMILES string of the molecule is CNC(=O)NC(=O)[C@@H](C)OC(=O)CS[C@@H](c1ccccc1)c1ccc(Cl)cc1. The second kappa shape index (κ2) is 10.7. The summed E-state index contributed by atoms with van der Waals surface area (Å²) in [4.78, 5) is 35.2. The summed E-state index contributed by atoms with van der Waals surface area (Å²) in [5, 5.41) is 4.87. The van der Waals surface area contributed by atoms with Gasteiger partial charge in [-0.3, -0.25) is 14.9 Å². The fourth-order valence-corrected chi connectivity index (χ4v) is 3.56. The number of nitrogens with one attached hydrogen (secondary N) is 2. The number of ether oxygens (including phenoxy) is 1. The predicted octanol–water partition coefficient (Wildman–Crippen LogP) is 3.55. The Kier molecular flexibility index (Phi) is 8.35. The number of benzene rings is 2. The third-order valence-corrected chi connectivity index (χ3v) is 5.32. The van der Waals surface area contributed by atoms with Crippen molar-refractivity contribution in [3.05, 3.63) is 70.7 Å². The summed E-state index contributed by atoms with van der Waals surface area (Å²) < 4.78 is 5.13. The number of carbonyl (C=O) groups is 3. The smallest absolute Gasteiger partial charge is 0.321 e. The Labute approximate surface area is 173 Å². The first kappa shape index (κ1) is 21.8. The minimum absolute atomic E-state index is 0.0414. The molecule has 0 heterocycles. The molecule has 3 amide bonds. The molecule has 6 nitrogen and oxygen atoms in total. The molecule has 2 aromatic rings. The summed E-state index contributed by atoms with van der Waals surface area (Å²) in [5.41, 5.74) is 2.03. The van der Waals surface area contributed by atoms with E-state index in [2.05, 4.69) is 10.6 Å². The van der Waals surface area contributed by atoms with Crippen LogP contribution in [0, 0.1) is 0 Å². The average molecular weight is 421 g/mol. The number of rotatable bonds is 7. The van der Waals surface area contributed by atoms with E-state index >= 15 is 0 Å². The molecule has 0 bridgehead atoms. The molecule has 28 heavy (non-hydrogen) atoms. The van der Waals surface area contributed by atoms with Crippen molar-refractivity contribution in [2.75, 3.05) is 12.8 Å². The van der Waals surface area contributed by atoms with Gasteiger partial charge >= 0.3 is 12.0 Å². The van der Waals surface area contributed by atoms with E-state index < -0.39 is 24.0 Å². The third-order valence-electron chi connectivity index (χ3n) is 3.78. The van der Waals surface area contributed by atoms with Gasteiger partial charge in [-0.1, -0.05) is 54.1 Å². The van der Waals surface area contributed by atoms with E-state index in [0.29, 0.717) is 5.02 Å². The minimum atomic E-state index is -1.07. The topological polar surface area (TPSA) is 84.5 Å². The lowest BCUT2D eigenvalue weighted by Gasteiger charge is -2.18. The van der Waals surface area contributed by atoms with Gasteiger partial charge in [0, 0.05) is 12.1 Å². The molecule has 2 atom stereocenters. The summed E-state index contributed by atoms with van der Waals surface area (Å²) in [5.74, 6) is -1.19. The molecule has 0 saturated heterocycles. The maximum Gasteiger partial charge on any atom is 0.321 e. The zero-order chi connectivity index (χ0) is 20.5. The van der Waals surface area contributed by atoms with Crippen LogP contribution in [0.5, 0.6) is 0 Å². The zero-order valence-corrected chi connectivity index (χ0v) is 17.0. The van der Waals surface area contributed by atoms with Gasteiger partial charge in [0.2, 0.25) is 0 Å². The van der Waals surface area contributed by atoms with Crippen LogP contribution in [0.15, 0.2) is 54.6 Å². The van der Waals surface area contributed by atoms with E-state index in [1.54, 1.807) is 12.1 Å². The van der Waals surface area contributed by atoms with Crippen LogP contribution < -0.4 is 10.6 Å². The highest BCUT2D eigenvalue weighted by Crippen LogP contribution is 2.36. The Bertz CT molecular complexity index is 815. The maximum atomic E-state index is 12.2. The summed E-state index contributed by atoms with van der Waals surface area (Å²) in [6, 6.07) is 16.5. The van der Waals surface area contributed by atoms with Crippen molar-refractivity contribution >= 4 is 41.3 Å². The van der Waals surface area contributed by atoms with Gasteiger partial charge in [0.1, 0.15) is 0 Å². The minimum Gasteiger partial charge on any atom is -0.452 e. The van der Waals surface area contributed by atoms with Crippen LogP contribution in [0.4, 0.5) is 4.79 Å². The number of thioether (sulfide) groups is 1. The van der Waals surface area contributed by atoms with Gasteiger partial charge < -0.3 is 10.1 Å². The van der Waals surface area contributed by atoms with Gasteiger partial charge in [-0.25, -0.2) is 4.79 Å². The molecule has 0 aliphatic rings.